The van der Waals surface area contributed by atoms with Crippen molar-refractivity contribution in [2.24, 2.45) is 0 Å². The summed E-state index contributed by atoms with van der Waals surface area (Å²) in [7, 11) is 3.14. The van der Waals surface area contributed by atoms with E-state index in [1.54, 1.807) is 51.0 Å². The molecule has 3 heterocycles. The van der Waals surface area contributed by atoms with E-state index in [0.29, 0.717) is 22.7 Å². The number of hydrogen-bond acceptors (Lipinski definition) is 8. The summed E-state index contributed by atoms with van der Waals surface area (Å²) >= 11 is 0. The lowest BCUT2D eigenvalue weighted by Gasteiger charge is -2.35. The fourth-order valence-electron chi connectivity index (χ4n) is 4.30. The number of carbonyl (C=O) groups is 1. The minimum Gasteiger partial charge on any atom is -0.493 e. The molecule has 9 nitrogen and oxygen atoms in total. The molecule has 178 valence electrons. The number of nitrogens with one attached hydrogen (secondary N) is 1. The van der Waals surface area contributed by atoms with Crippen LogP contribution in [0, 0.1) is 0 Å². The summed E-state index contributed by atoms with van der Waals surface area (Å²) in [5, 5.41) is 4.74. The van der Waals surface area contributed by atoms with Crippen LogP contribution in [0.3, 0.4) is 0 Å². The van der Waals surface area contributed by atoms with Crippen molar-refractivity contribution < 1.29 is 14.3 Å². The fourth-order valence-corrected chi connectivity index (χ4v) is 4.30. The van der Waals surface area contributed by atoms with Crippen LogP contribution in [0.1, 0.15) is 10.4 Å². The first-order valence-corrected chi connectivity index (χ1v) is 11.4. The molecule has 2 aromatic heterocycles. The Balaban J connectivity index is 1.38. The van der Waals surface area contributed by atoms with Gasteiger partial charge in [-0.2, -0.15) is 0 Å². The van der Waals surface area contributed by atoms with Crippen LogP contribution in [-0.4, -0.2) is 61.3 Å². The smallest absolute Gasteiger partial charge is 0.257 e. The van der Waals surface area contributed by atoms with E-state index < -0.39 is 0 Å². The summed E-state index contributed by atoms with van der Waals surface area (Å²) in [6.45, 7) is 3.15. The Morgan fingerprint density at radius 1 is 0.829 bits per heavy atom. The number of fused-ring (bicyclic) bond motifs is 1. The van der Waals surface area contributed by atoms with Crippen LogP contribution >= 0.6 is 0 Å². The van der Waals surface area contributed by atoms with E-state index in [1.807, 2.05) is 30.3 Å². The van der Waals surface area contributed by atoms with Gasteiger partial charge in [0.2, 0.25) is 5.95 Å². The van der Waals surface area contributed by atoms with E-state index in [4.69, 9.17) is 14.5 Å². The molecule has 0 bridgehead atoms. The van der Waals surface area contributed by atoms with Gasteiger partial charge >= 0.3 is 0 Å². The number of rotatable bonds is 6. The second-order valence-electron chi connectivity index (χ2n) is 8.09. The van der Waals surface area contributed by atoms with Crippen molar-refractivity contribution in [1.82, 2.24) is 15.0 Å². The first kappa shape index (κ1) is 22.4. The van der Waals surface area contributed by atoms with Crippen molar-refractivity contribution in [1.29, 1.82) is 0 Å². The molecule has 5 rings (SSSR count). The molecule has 1 N–H and O–H groups in total. The van der Waals surface area contributed by atoms with Crippen molar-refractivity contribution >= 4 is 34.1 Å². The molecular weight excluding hydrogens is 444 g/mol. The predicted molar refractivity (Wildman–Crippen MR) is 136 cm³/mol. The van der Waals surface area contributed by atoms with E-state index in [1.165, 1.54) is 0 Å². The number of ether oxygens (including phenoxy) is 2. The van der Waals surface area contributed by atoms with Gasteiger partial charge in [-0.3, -0.25) is 4.79 Å². The highest BCUT2D eigenvalue weighted by atomic mass is 16.5. The number of benzene rings is 2. The number of hydrogen-bond donors (Lipinski definition) is 1. The lowest BCUT2D eigenvalue weighted by atomic mass is 10.1. The van der Waals surface area contributed by atoms with E-state index >= 15 is 0 Å². The van der Waals surface area contributed by atoms with Gasteiger partial charge in [0.05, 0.1) is 19.8 Å². The monoisotopic (exact) mass is 470 g/mol. The van der Waals surface area contributed by atoms with E-state index in [2.05, 4.69) is 25.1 Å². The number of aromatic nitrogens is 3. The lowest BCUT2D eigenvalue weighted by molar-refractivity contribution is 0.102. The third kappa shape index (κ3) is 4.52. The highest BCUT2D eigenvalue weighted by Crippen LogP contribution is 2.31. The second kappa shape index (κ2) is 9.84. The SMILES string of the molecule is COc1ccc(NC(=O)c2cnc(N3CCN(c4ncccn4)CC3)c3ccccc23)cc1OC. The molecule has 0 unspecified atom stereocenters. The molecule has 0 saturated carbocycles. The molecular formula is C26H26N6O3. The number of nitrogens with zero attached hydrogens (tertiary/aromatic N) is 5. The first-order chi connectivity index (χ1) is 17.2. The Morgan fingerprint density at radius 3 is 2.23 bits per heavy atom. The molecule has 0 aliphatic carbocycles. The Morgan fingerprint density at radius 2 is 1.51 bits per heavy atom. The molecule has 1 aliphatic heterocycles. The Hall–Kier alpha value is -4.40. The summed E-state index contributed by atoms with van der Waals surface area (Å²) in [5.74, 6) is 2.52. The van der Waals surface area contributed by atoms with Gasteiger partial charge in [0.15, 0.2) is 11.5 Å². The molecule has 1 saturated heterocycles. The molecule has 0 atom stereocenters. The van der Waals surface area contributed by atoms with Crippen LogP contribution < -0.4 is 24.6 Å². The first-order valence-electron chi connectivity index (χ1n) is 11.4. The van der Waals surface area contributed by atoms with E-state index in [-0.39, 0.29) is 5.91 Å². The molecule has 9 heteroatoms. The van der Waals surface area contributed by atoms with Crippen LogP contribution in [0.25, 0.3) is 10.8 Å². The predicted octanol–water partition coefficient (Wildman–Crippen LogP) is 3.62. The average molecular weight is 471 g/mol. The maximum atomic E-state index is 13.2. The van der Waals surface area contributed by atoms with Crippen LogP contribution in [0.4, 0.5) is 17.5 Å². The quantitative estimate of drug-likeness (QED) is 0.457. The molecule has 2 aromatic carbocycles. The van der Waals surface area contributed by atoms with Crippen molar-refractivity contribution in [3.63, 3.8) is 0 Å². The third-order valence-corrected chi connectivity index (χ3v) is 6.07. The normalized spacial score (nSPS) is 13.5. The highest BCUT2D eigenvalue weighted by molar-refractivity contribution is 6.14. The van der Waals surface area contributed by atoms with Gasteiger partial charge in [-0.1, -0.05) is 24.3 Å². The van der Waals surface area contributed by atoms with Gasteiger partial charge < -0.3 is 24.6 Å². The zero-order valence-corrected chi connectivity index (χ0v) is 19.6. The average Bonchev–Trinajstić information content (AvgIpc) is 2.93. The van der Waals surface area contributed by atoms with Gasteiger partial charge in [-0.15, -0.1) is 0 Å². The lowest BCUT2D eigenvalue weighted by Crippen LogP contribution is -2.47. The minimum atomic E-state index is -0.237. The zero-order valence-electron chi connectivity index (χ0n) is 19.6. The van der Waals surface area contributed by atoms with E-state index in [0.717, 1.165) is 48.7 Å². The summed E-state index contributed by atoms with van der Waals surface area (Å²) in [4.78, 5) is 31.1. The van der Waals surface area contributed by atoms with E-state index in [9.17, 15) is 4.79 Å². The summed E-state index contributed by atoms with van der Waals surface area (Å²) < 4.78 is 10.6. The maximum absolute atomic E-state index is 13.2. The summed E-state index contributed by atoms with van der Waals surface area (Å²) in [6.07, 6.45) is 5.17. The standard InChI is InChI=1S/C26H26N6O3/c1-34-22-9-8-18(16-23(22)35-2)30-25(33)21-17-29-24(20-7-4-3-6-19(20)21)31-12-14-32(15-13-31)26-27-10-5-11-28-26/h3-11,16-17H,12-15H2,1-2H3,(H,30,33). The van der Waals surface area contributed by atoms with Gasteiger partial charge in [-0.05, 0) is 23.6 Å². The number of carbonyl (C=O) groups excluding carboxylic acids is 1. The molecule has 1 aliphatic rings. The van der Waals surface area contributed by atoms with Crippen LogP contribution in [0.15, 0.2) is 67.1 Å². The van der Waals surface area contributed by atoms with Crippen LogP contribution in [0.2, 0.25) is 0 Å². The van der Waals surface area contributed by atoms with Gasteiger partial charge in [0, 0.05) is 61.9 Å². The minimum absolute atomic E-state index is 0.237. The molecule has 4 aromatic rings. The molecule has 1 fully saturated rings. The highest BCUT2D eigenvalue weighted by Gasteiger charge is 2.23. The molecule has 0 spiro atoms. The Kier molecular flexibility index (Phi) is 6.30. The molecule has 1 amide bonds. The fraction of sp³-hybridized carbons (Fsp3) is 0.231. The number of piperazine rings is 1. The second-order valence-corrected chi connectivity index (χ2v) is 8.09. The number of anilines is 3. The van der Waals surface area contributed by atoms with Crippen molar-refractivity contribution in [3.8, 4) is 11.5 Å². The van der Waals surface area contributed by atoms with Gasteiger partial charge in [0.25, 0.3) is 5.91 Å². The number of pyridine rings is 1. The summed E-state index contributed by atoms with van der Waals surface area (Å²) in [5.41, 5.74) is 1.12. The van der Waals surface area contributed by atoms with Crippen molar-refractivity contribution in [3.05, 3.63) is 72.7 Å². The van der Waals surface area contributed by atoms with Crippen molar-refractivity contribution in [2.75, 3.05) is 55.5 Å². The number of methoxy groups -OCH3 is 2. The third-order valence-electron chi connectivity index (χ3n) is 6.07. The van der Waals surface area contributed by atoms with Crippen LogP contribution in [0.5, 0.6) is 11.5 Å². The Bertz CT molecular complexity index is 1340. The summed E-state index contributed by atoms with van der Waals surface area (Å²) in [6, 6.07) is 15.0. The topological polar surface area (TPSA) is 92.7 Å². The maximum Gasteiger partial charge on any atom is 0.257 e. The van der Waals surface area contributed by atoms with Crippen LogP contribution in [-0.2, 0) is 0 Å². The zero-order chi connectivity index (χ0) is 24.2. The number of amides is 1. The Labute approximate surface area is 203 Å². The molecule has 0 radical (unpaired) electrons. The molecule has 35 heavy (non-hydrogen) atoms. The van der Waals surface area contributed by atoms with Gasteiger partial charge in [-0.25, -0.2) is 15.0 Å². The largest absolute Gasteiger partial charge is 0.493 e. The van der Waals surface area contributed by atoms with Gasteiger partial charge in [0.1, 0.15) is 5.82 Å². The van der Waals surface area contributed by atoms with Crippen molar-refractivity contribution in [2.45, 2.75) is 0 Å².